The lowest BCUT2D eigenvalue weighted by atomic mass is 10.1. The molecule has 0 radical (unpaired) electrons. The van der Waals surface area contributed by atoms with Crippen LogP contribution in [-0.2, 0) is 7.05 Å². The number of aryl methyl sites for hydroxylation is 1. The van der Waals surface area contributed by atoms with Crippen molar-refractivity contribution in [2.75, 3.05) is 4.90 Å². The van der Waals surface area contributed by atoms with Gasteiger partial charge in [0.25, 0.3) is 0 Å². The third kappa shape index (κ3) is 4.81. The van der Waals surface area contributed by atoms with Crippen LogP contribution in [0.25, 0.3) is 44.4 Å². The molecule has 1 aliphatic rings. The van der Waals surface area contributed by atoms with Gasteiger partial charge in [0.05, 0.1) is 22.4 Å². The fourth-order valence-corrected chi connectivity index (χ4v) is 14.0. The molecule has 0 unspecified atom stereocenters. The molecule has 0 N–H and O–H groups in total. The minimum Gasteiger partial charge on any atom is -0.457 e. The second-order valence-corrected chi connectivity index (χ2v) is 17.9. The minimum atomic E-state index is -3.10. The van der Waals surface area contributed by atoms with E-state index in [1.54, 1.807) is 0 Å². The molecule has 0 saturated carbocycles. The van der Waals surface area contributed by atoms with Gasteiger partial charge in [0.1, 0.15) is 34.3 Å². The number of benzene rings is 7. The third-order valence-corrected chi connectivity index (χ3v) is 16.0. The zero-order valence-electron chi connectivity index (χ0n) is 30.5. The number of para-hydroxylation sites is 3. The first kappa shape index (κ1) is 32.2. The van der Waals surface area contributed by atoms with E-state index >= 15 is 0 Å². The summed E-state index contributed by atoms with van der Waals surface area (Å²) in [5.41, 5.74) is 6.89. The summed E-state index contributed by atoms with van der Waals surface area (Å²) in [6, 6.07) is 63.9. The molecule has 11 rings (SSSR count). The first-order chi connectivity index (χ1) is 27.7. The first-order valence-corrected chi connectivity index (χ1v) is 20.8. The number of imidazole rings is 1. The Labute approximate surface area is 324 Å². The van der Waals surface area contributed by atoms with Crippen LogP contribution in [0.4, 0.5) is 17.2 Å². The Morgan fingerprint density at radius 2 is 1.32 bits per heavy atom. The molecule has 0 aliphatic carbocycles. The van der Waals surface area contributed by atoms with Gasteiger partial charge in [-0.15, -0.1) is 0 Å². The Morgan fingerprint density at radius 3 is 2.11 bits per heavy atom. The molecule has 4 heterocycles. The van der Waals surface area contributed by atoms with Crippen molar-refractivity contribution in [3.05, 3.63) is 188 Å². The molecule has 0 spiro atoms. The summed E-state index contributed by atoms with van der Waals surface area (Å²) in [5, 5.41) is 7.17. The quantitative estimate of drug-likeness (QED) is 0.159. The topological polar surface area (TPSA) is 56.3 Å². The number of anilines is 3. The monoisotopic (exact) mass is 738 g/mol. The van der Waals surface area contributed by atoms with E-state index in [0.717, 1.165) is 73.1 Å². The molecule has 0 bridgehead atoms. The maximum absolute atomic E-state index is 6.98. The Morgan fingerprint density at radius 1 is 0.589 bits per heavy atom. The van der Waals surface area contributed by atoms with Gasteiger partial charge in [0.2, 0.25) is 0 Å². The molecule has 3 aromatic heterocycles. The van der Waals surface area contributed by atoms with Gasteiger partial charge in [-0.05, 0) is 76.2 Å². The van der Waals surface area contributed by atoms with Gasteiger partial charge >= 0.3 is 0 Å². The van der Waals surface area contributed by atoms with E-state index in [-0.39, 0.29) is 0 Å². The molecule has 56 heavy (non-hydrogen) atoms. The Hall–Kier alpha value is -7.22. The van der Waals surface area contributed by atoms with Gasteiger partial charge in [-0.3, -0.25) is 4.90 Å². The third-order valence-electron chi connectivity index (χ3n) is 11.2. The summed E-state index contributed by atoms with van der Waals surface area (Å²) >= 11 is 0. The lowest BCUT2D eigenvalue weighted by Gasteiger charge is -2.44. The Balaban J connectivity index is 1.17. The molecular weight excluding hydrogens is 705 g/mol. The fraction of sp³-hybridized carbons (Fsp3) is 0.0204. The smallest absolute Gasteiger partial charge is 0.188 e. The van der Waals surface area contributed by atoms with E-state index < -0.39 is 8.07 Å². The Kier molecular flexibility index (Phi) is 7.30. The van der Waals surface area contributed by atoms with Gasteiger partial charge < -0.3 is 13.7 Å². The number of ether oxygens (including phenoxy) is 1. The van der Waals surface area contributed by atoms with Gasteiger partial charge in [0.15, 0.2) is 8.07 Å². The highest BCUT2D eigenvalue weighted by Crippen LogP contribution is 2.43. The summed E-state index contributed by atoms with van der Waals surface area (Å²) < 4.78 is 15.9. The molecule has 1 aliphatic heterocycles. The Bertz CT molecular complexity index is 3050. The minimum absolute atomic E-state index is 0.726. The normalized spacial score (nSPS) is 13.2. The van der Waals surface area contributed by atoms with E-state index in [1.807, 2.05) is 54.7 Å². The molecule has 7 aromatic carbocycles. The molecule has 0 fully saturated rings. The van der Waals surface area contributed by atoms with Gasteiger partial charge in [-0.2, -0.15) is 0 Å². The zero-order valence-corrected chi connectivity index (χ0v) is 31.5. The van der Waals surface area contributed by atoms with Crippen LogP contribution in [0.2, 0.25) is 0 Å². The molecular formula is C49H34N4O2Si. The van der Waals surface area contributed by atoms with Crippen molar-refractivity contribution in [1.29, 1.82) is 0 Å². The molecule has 7 heteroatoms. The average Bonchev–Trinajstić information content (AvgIpc) is 3.81. The van der Waals surface area contributed by atoms with Crippen LogP contribution < -0.4 is 30.4 Å². The van der Waals surface area contributed by atoms with E-state index in [1.165, 1.54) is 20.7 Å². The number of rotatable bonds is 6. The average molecular weight is 739 g/mol. The number of fused-ring (bicyclic) bond motifs is 7. The highest BCUT2D eigenvalue weighted by atomic mass is 28.3. The summed E-state index contributed by atoms with van der Waals surface area (Å²) in [6.45, 7) is 0. The highest BCUT2D eigenvalue weighted by molar-refractivity contribution is 7.22. The van der Waals surface area contributed by atoms with Crippen molar-refractivity contribution in [2.45, 2.75) is 0 Å². The fourth-order valence-electron chi connectivity index (χ4n) is 8.78. The molecule has 0 saturated heterocycles. The number of furan rings is 1. The lowest BCUT2D eigenvalue weighted by molar-refractivity contribution is 0.483. The van der Waals surface area contributed by atoms with Crippen molar-refractivity contribution < 1.29 is 9.15 Å². The largest absolute Gasteiger partial charge is 0.457 e. The van der Waals surface area contributed by atoms with Gasteiger partial charge in [0, 0.05) is 40.8 Å². The standard InChI is InChI=1S/C49H34N4O2Si/c1-52-41-23-10-9-22-40(41)51-49(52)33-15-14-16-34(31-33)54-35-26-29-45-43(32-35)53(46-25-12-13-30-50-46)42-28-27-39-38-21-8-11-24-44(38)55-47(39)48(42)56(45,36-17-4-2-5-18-36)37-19-6-3-7-20-37/h2-32H,1H3. The van der Waals surface area contributed by atoms with Crippen LogP contribution in [0.1, 0.15) is 0 Å². The van der Waals surface area contributed by atoms with Crippen molar-refractivity contribution in [2.24, 2.45) is 7.05 Å². The second-order valence-electron chi connectivity index (χ2n) is 14.2. The van der Waals surface area contributed by atoms with Crippen molar-refractivity contribution in [3.63, 3.8) is 0 Å². The van der Waals surface area contributed by atoms with E-state index in [9.17, 15) is 0 Å². The number of pyridine rings is 1. The maximum Gasteiger partial charge on any atom is 0.188 e. The molecule has 10 aromatic rings. The van der Waals surface area contributed by atoms with Gasteiger partial charge in [-0.25, -0.2) is 9.97 Å². The molecule has 6 nitrogen and oxygen atoms in total. The maximum atomic E-state index is 6.98. The molecule has 0 amide bonds. The van der Waals surface area contributed by atoms with Crippen LogP contribution in [0.3, 0.4) is 0 Å². The molecule has 266 valence electrons. The van der Waals surface area contributed by atoms with Crippen LogP contribution in [-0.4, -0.2) is 22.6 Å². The number of hydrogen-bond donors (Lipinski definition) is 0. The number of aromatic nitrogens is 3. The number of nitrogens with zero attached hydrogens (tertiary/aromatic N) is 4. The van der Waals surface area contributed by atoms with Crippen molar-refractivity contribution in [1.82, 2.24) is 14.5 Å². The van der Waals surface area contributed by atoms with E-state index in [0.29, 0.717) is 0 Å². The summed E-state index contributed by atoms with van der Waals surface area (Å²) in [5.74, 6) is 3.16. The predicted molar refractivity (Wildman–Crippen MR) is 230 cm³/mol. The molecule has 0 atom stereocenters. The lowest BCUT2D eigenvalue weighted by Crippen LogP contribution is -2.77. The predicted octanol–water partition coefficient (Wildman–Crippen LogP) is 9.49. The first-order valence-electron chi connectivity index (χ1n) is 18.8. The second kappa shape index (κ2) is 12.7. The van der Waals surface area contributed by atoms with Crippen LogP contribution in [0, 0.1) is 0 Å². The zero-order chi connectivity index (χ0) is 37.2. The highest BCUT2D eigenvalue weighted by Gasteiger charge is 2.51. The van der Waals surface area contributed by atoms with Crippen molar-refractivity contribution in [3.8, 4) is 22.9 Å². The van der Waals surface area contributed by atoms with Crippen LogP contribution in [0.5, 0.6) is 11.5 Å². The SMILES string of the molecule is Cn1c(-c2cccc(Oc3ccc4c(c3)N(c3ccccn3)c3ccc5c(oc6ccccc65)c3[Si]4(c3ccccc3)c3ccccc3)c2)nc2ccccc21. The van der Waals surface area contributed by atoms with Crippen LogP contribution >= 0.6 is 0 Å². The summed E-state index contributed by atoms with van der Waals surface area (Å²) in [7, 11) is -1.04. The van der Waals surface area contributed by atoms with Crippen LogP contribution in [0.15, 0.2) is 193 Å². The van der Waals surface area contributed by atoms with E-state index in [4.69, 9.17) is 19.1 Å². The number of hydrogen-bond acceptors (Lipinski definition) is 5. The summed E-state index contributed by atoms with van der Waals surface area (Å²) in [4.78, 5) is 12.2. The van der Waals surface area contributed by atoms with E-state index in [2.05, 4.69) is 150 Å². The van der Waals surface area contributed by atoms with Crippen molar-refractivity contribution >= 4 is 79.0 Å². The van der Waals surface area contributed by atoms with Gasteiger partial charge in [-0.1, -0.05) is 115 Å². The summed E-state index contributed by atoms with van der Waals surface area (Å²) in [6.07, 6.45) is 1.86.